The molecule has 3 N–H and O–H groups in total. The Morgan fingerprint density at radius 2 is 2.08 bits per heavy atom. The second kappa shape index (κ2) is 8.19. The van der Waals surface area contributed by atoms with Crippen molar-refractivity contribution in [1.29, 1.82) is 0 Å². The van der Waals surface area contributed by atoms with Crippen molar-refractivity contribution in [3.63, 3.8) is 0 Å². The largest absolute Gasteiger partial charge is 0.351 e. The molecule has 1 saturated heterocycles. The van der Waals surface area contributed by atoms with Crippen molar-refractivity contribution in [2.45, 2.75) is 32.7 Å². The first-order valence-electron chi connectivity index (χ1n) is 8.10. The van der Waals surface area contributed by atoms with Crippen molar-refractivity contribution in [2.75, 3.05) is 18.0 Å². The van der Waals surface area contributed by atoms with Gasteiger partial charge in [-0.25, -0.2) is 0 Å². The normalized spacial score (nSPS) is 19.0. The van der Waals surface area contributed by atoms with E-state index in [1.54, 1.807) is 23.1 Å². The molecular weight excluding hydrogens is 349 g/mol. The van der Waals surface area contributed by atoms with E-state index in [2.05, 4.69) is 19.2 Å². The summed E-state index contributed by atoms with van der Waals surface area (Å²) < 4.78 is 0. The second-order valence-corrected chi connectivity index (χ2v) is 7.31. The van der Waals surface area contributed by atoms with Gasteiger partial charge in [0.15, 0.2) is 0 Å². The molecule has 0 spiro atoms. The van der Waals surface area contributed by atoms with Gasteiger partial charge in [-0.05, 0) is 37.0 Å². The number of carbonyl (C=O) groups is 2. The van der Waals surface area contributed by atoms with Gasteiger partial charge in [-0.3, -0.25) is 9.59 Å². The van der Waals surface area contributed by atoms with Gasteiger partial charge in [-0.1, -0.05) is 37.0 Å². The minimum absolute atomic E-state index is 0.107. The number of rotatable bonds is 6. The summed E-state index contributed by atoms with van der Waals surface area (Å²) in [5.41, 5.74) is 6.37. The van der Waals surface area contributed by atoms with Crippen LogP contribution in [0.4, 0.5) is 5.69 Å². The summed E-state index contributed by atoms with van der Waals surface area (Å²) in [5.74, 6) is -0.726. The predicted molar refractivity (Wildman–Crippen MR) is 97.4 cm³/mol. The lowest BCUT2D eigenvalue weighted by Crippen LogP contribution is -2.45. The third-order valence-electron chi connectivity index (χ3n) is 4.12. The maximum atomic E-state index is 12.6. The first-order chi connectivity index (χ1) is 11.3. The van der Waals surface area contributed by atoms with E-state index in [1.165, 1.54) is 0 Å². The lowest BCUT2D eigenvalue weighted by Gasteiger charge is -2.21. The Balaban J connectivity index is 2.04. The quantitative estimate of drug-likeness (QED) is 0.754. The van der Waals surface area contributed by atoms with Crippen LogP contribution < -0.4 is 16.0 Å². The van der Waals surface area contributed by atoms with Crippen LogP contribution in [0, 0.1) is 11.8 Å². The van der Waals surface area contributed by atoms with Gasteiger partial charge >= 0.3 is 0 Å². The van der Waals surface area contributed by atoms with Gasteiger partial charge in [0.1, 0.15) is 5.92 Å². The Morgan fingerprint density at radius 3 is 2.67 bits per heavy atom. The molecule has 0 aliphatic carbocycles. The fourth-order valence-electron chi connectivity index (χ4n) is 2.92. The Kier molecular flexibility index (Phi) is 6.49. The monoisotopic (exact) mass is 371 g/mol. The van der Waals surface area contributed by atoms with E-state index in [0.29, 0.717) is 41.2 Å². The second-order valence-electron chi connectivity index (χ2n) is 6.50. The number of benzene rings is 1. The van der Waals surface area contributed by atoms with Crippen LogP contribution in [-0.4, -0.2) is 30.9 Å². The number of anilines is 1. The molecule has 24 heavy (non-hydrogen) atoms. The van der Waals surface area contributed by atoms with Crippen LogP contribution in [0.5, 0.6) is 0 Å². The molecule has 0 aromatic heterocycles. The highest BCUT2D eigenvalue weighted by molar-refractivity contribution is 6.42. The van der Waals surface area contributed by atoms with Crippen LogP contribution in [0.25, 0.3) is 0 Å². The van der Waals surface area contributed by atoms with E-state index in [9.17, 15) is 9.59 Å². The fraction of sp³-hybridized carbons (Fsp3) is 0.529. The Hall–Kier alpha value is -1.30. The number of hydrogen-bond acceptors (Lipinski definition) is 3. The molecule has 1 fully saturated rings. The van der Waals surface area contributed by atoms with Crippen molar-refractivity contribution in [3.8, 4) is 0 Å². The summed E-state index contributed by atoms with van der Waals surface area (Å²) in [6.07, 6.45) is 1.27. The van der Waals surface area contributed by atoms with Crippen LogP contribution in [0.1, 0.15) is 26.7 Å². The van der Waals surface area contributed by atoms with Crippen molar-refractivity contribution in [1.82, 2.24) is 5.32 Å². The van der Waals surface area contributed by atoms with Crippen LogP contribution in [-0.2, 0) is 9.59 Å². The maximum Gasteiger partial charge on any atom is 0.239 e. The van der Waals surface area contributed by atoms with E-state index in [0.717, 1.165) is 6.42 Å². The first-order valence-corrected chi connectivity index (χ1v) is 8.86. The molecule has 5 nitrogen and oxygen atoms in total. The van der Waals surface area contributed by atoms with E-state index in [-0.39, 0.29) is 17.9 Å². The number of halogens is 2. The van der Waals surface area contributed by atoms with E-state index in [1.807, 2.05) is 0 Å². The zero-order valence-corrected chi connectivity index (χ0v) is 15.4. The summed E-state index contributed by atoms with van der Waals surface area (Å²) in [5, 5.41) is 3.72. The third kappa shape index (κ3) is 4.41. The topological polar surface area (TPSA) is 75.4 Å². The van der Waals surface area contributed by atoms with Crippen molar-refractivity contribution in [2.24, 2.45) is 17.6 Å². The first kappa shape index (κ1) is 19.0. The number of hydrogen-bond donors (Lipinski definition) is 2. The van der Waals surface area contributed by atoms with Gasteiger partial charge in [0.25, 0.3) is 0 Å². The van der Waals surface area contributed by atoms with Crippen LogP contribution in [0.3, 0.4) is 0 Å². The molecule has 0 radical (unpaired) electrons. The van der Waals surface area contributed by atoms with Crippen molar-refractivity contribution in [3.05, 3.63) is 28.2 Å². The highest BCUT2D eigenvalue weighted by atomic mass is 35.5. The molecule has 1 aliphatic heterocycles. The molecule has 2 unspecified atom stereocenters. The standard InChI is InChI=1S/C17H23Cl2N3O2/c1-10(2)7-11(9-20)21-16(23)13-5-6-22(17(13)24)12-3-4-14(18)15(19)8-12/h3-4,8,10-11,13H,5-7,9,20H2,1-2H3,(H,21,23). The third-order valence-corrected chi connectivity index (χ3v) is 4.86. The zero-order chi connectivity index (χ0) is 17.9. The Labute approximate surface area is 152 Å². The number of nitrogens with two attached hydrogens (primary N) is 1. The molecule has 0 bridgehead atoms. The molecule has 2 rings (SSSR count). The van der Waals surface area contributed by atoms with E-state index in [4.69, 9.17) is 28.9 Å². The zero-order valence-electron chi connectivity index (χ0n) is 13.9. The summed E-state index contributed by atoms with van der Waals surface area (Å²) in [4.78, 5) is 26.6. The van der Waals surface area contributed by atoms with Crippen molar-refractivity contribution >= 4 is 40.7 Å². The minimum atomic E-state index is -0.680. The number of amides is 2. The van der Waals surface area contributed by atoms with Gasteiger partial charge < -0.3 is 16.0 Å². The summed E-state index contributed by atoms with van der Waals surface area (Å²) >= 11 is 11.9. The van der Waals surface area contributed by atoms with Crippen LogP contribution in [0.2, 0.25) is 10.0 Å². The molecule has 2 amide bonds. The Bertz CT molecular complexity index is 622. The molecule has 132 valence electrons. The molecule has 0 saturated carbocycles. The molecule has 7 heteroatoms. The molecule has 1 heterocycles. The molecule has 1 aliphatic rings. The summed E-state index contributed by atoms with van der Waals surface area (Å²) in [6.45, 7) is 4.98. The molecular formula is C17H23Cl2N3O2. The van der Waals surface area contributed by atoms with Gasteiger partial charge in [0.2, 0.25) is 11.8 Å². The van der Waals surface area contributed by atoms with Crippen molar-refractivity contribution < 1.29 is 9.59 Å². The number of nitrogens with zero attached hydrogens (tertiary/aromatic N) is 1. The average Bonchev–Trinajstić information content (AvgIpc) is 2.90. The van der Waals surface area contributed by atoms with E-state index < -0.39 is 5.92 Å². The average molecular weight is 372 g/mol. The van der Waals surface area contributed by atoms with E-state index >= 15 is 0 Å². The molecule has 1 aromatic rings. The fourth-order valence-corrected chi connectivity index (χ4v) is 3.21. The number of nitrogens with one attached hydrogen (secondary N) is 1. The number of carbonyl (C=O) groups excluding carboxylic acids is 2. The molecule has 1 aromatic carbocycles. The SMILES string of the molecule is CC(C)CC(CN)NC(=O)C1CCN(c2ccc(Cl)c(Cl)c2)C1=O. The predicted octanol–water partition coefficient (Wildman–Crippen LogP) is 2.84. The van der Waals surface area contributed by atoms with Gasteiger partial charge in [-0.15, -0.1) is 0 Å². The van der Waals surface area contributed by atoms with Crippen LogP contribution >= 0.6 is 23.2 Å². The van der Waals surface area contributed by atoms with Gasteiger partial charge in [-0.2, -0.15) is 0 Å². The maximum absolute atomic E-state index is 12.6. The summed E-state index contributed by atoms with van der Waals surface area (Å²) in [6, 6.07) is 4.91. The Morgan fingerprint density at radius 1 is 1.38 bits per heavy atom. The highest BCUT2D eigenvalue weighted by Crippen LogP contribution is 2.31. The van der Waals surface area contributed by atoms with Gasteiger partial charge in [0, 0.05) is 24.8 Å². The lowest BCUT2D eigenvalue weighted by atomic mass is 10.0. The van der Waals surface area contributed by atoms with Crippen LogP contribution in [0.15, 0.2) is 18.2 Å². The molecule has 2 atom stereocenters. The minimum Gasteiger partial charge on any atom is -0.351 e. The smallest absolute Gasteiger partial charge is 0.239 e. The lowest BCUT2D eigenvalue weighted by molar-refractivity contribution is -0.132. The summed E-state index contributed by atoms with van der Waals surface area (Å²) in [7, 11) is 0. The highest BCUT2D eigenvalue weighted by Gasteiger charge is 2.38. The van der Waals surface area contributed by atoms with Gasteiger partial charge in [0.05, 0.1) is 10.0 Å².